The lowest BCUT2D eigenvalue weighted by atomic mass is 9.87. The number of hydrogen-bond acceptors (Lipinski definition) is 2. The largest absolute Gasteiger partial charge is 0.396 e. The first-order chi connectivity index (χ1) is 4.83. The summed E-state index contributed by atoms with van der Waals surface area (Å²) in [5.74, 6) is 0. The molecule has 0 aromatic heterocycles. The second kappa shape index (κ2) is 3.35. The lowest BCUT2D eigenvalue weighted by Gasteiger charge is -2.41. The highest BCUT2D eigenvalue weighted by Crippen LogP contribution is 2.33. The molecule has 1 rings (SSSR count). The molecular weight excluding hydrogens is 128 g/mol. The van der Waals surface area contributed by atoms with Crippen molar-refractivity contribution in [3.8, 4) is 0 Å². The predicted octanol–water partition coefficient (Wildman–Crippen LogP) is 1.33. The Kier molecular flexibility index (Phi) is 2.69. The Morgan fingerprint density at radius 3 is 2.60 bits per heavy atom. The Labute approximate surface area is 62.2 Å². The van der Waals surface area contributed by atoms with Crippen LogP contribution in [-0.2, 0) is 4.74 Å². The van der Waals surface area contributed by atoms with Crippen molar-refractivity contribution in [2.24, 2.45) is 0 Å². The average molecular weight is 144 g/mol. The second-order valence-corrected chi connectivity index (χ2v) is 2.96. The van der Waals surface area contributed by atoms with Crippen molar-refractivity contribution in [1.29, 1.82) is 0 Å². The molecule has 0 aromatic rings. The smallest absolute Gasteiger partial charge is 0.0702 e. The minimum Gasteiger partial charge on any atom is -0.396 e. The van der Waals surface area contributed by atoms with Crippen LogP contribution < -0.4 is 0 Å². The van der Waals surface area contributed by atoms with Crippen molar-refractivity contribution in [3.05, 3.63) is 0 Å². The van der Waals surface area contributed by atoms with Crippen molar-refractivity contribution in [2.45, 2.75) is 38.2 Å². The zero-order chi connectivity index (χ0) is 7.45. The van der Waals surface area contributed by atoms with Crippen LogP contribution in [0.1, 0.15) is 32.6 Å². The third kappa shape index (κ3) is 1.50. The van der Waals surface area contributed by atoms with Crippen LogP contribution >= 0.6 is 0 Å². The van der Waals surface area contributed by atoms with Crippen LogP contribution in [-0.4, -0.2) is 23.9 Å². The fraction of sp³-hybridized carbons (Fsp3) is 1.00. The molecule has 0 bridgehead atoms. The van der Waals surface area contributed by atoms with Gasteiger partial charge in [0.25, 0.3) is 0 Å². The van der Waals surface area contributed by atoms with Crippen molar-refractivity contribution in [1.82, 2.24) is 0 Å². The van der Waals surface area contributed by atoms with Gasteiger partial charge in [-0.05, 0) is 25.7 Å². The summed E-state index contributed by atoms with van der Waals surface area (Å²) in [5, 5.41) is 8.59. The molecule has 10 heavy (non-hydrogen) atoms. The lowest BCUT2D eigenvalue weighted by Crippen LogP contribution is -2.43. The van der Waals surface area contributed by atoms with Gasteiger partial charge in [-0.25, -0.2) is 0 Å². The molecule has 1 unspecified atom stereocenters. The molecule has 0 aromatic carbocycles. The molecule has 0 spiro atoms. The maximum Gasteiger partial charge on any atom is 0.0702 e. The average Bonchev–Trinajstić information content (AvgIpc) is 1.87. The van der Waals surface area contributed by atoms with Gasteiger partial charge in [-0.15, -0.1) is 0 Å². The summed E-state index contributed by atoms with van der Waals surface area (Å²) in [6.45, 7) is 3.36. The molecule has 1 aliphatic rings. The zero-order valence-electron chi connectivity index (χ0n) is 6.60. The van der Waals surface area contributed by atoms with E-state index in [1.807, 2.05) is 0 Å². The normalized spacial score (nSPS) is 31.8. The topological polar surface area (TPSA) is 29.5 Å². The van der Waals surface area contributed by atoms with Gasteiger partial charge in [-0.1, -0.05) is 6.92 Å². The van der Waals surface area contributed by atoms with Crippen LogP contribution in [0.5, 0.6) is 0 Å². The second-order valence-electron chi connectivity index (χ2n) is 2.96. The summed E-state index contributed by atoms with van der Waals surface area (Å²) in [6.07, 6.45) is 4.18. The third-order valence-corrected chi connectivity index (χ3v) is 2.40. The van der Waals surface area contributed by atoms with Gasteiger partial charge < -0.3 is 9.84 Å². The van der Waals surface area contributed by atoms with Crippen molar-refractivity contribution in [3.63, 3.8) is 0 Å². The van der Waals surface area contributed by atoms with Gasteiger partial charge in [0, 0.05) is 6.61 Å². The van der Waals surface area contributed by atoms with Gasteiger partial charge in [0.1, 0.15) is 0 Å². The van der Waals surface area contributed by atoms with Crippen molar-refractivity contribution < 1.29 is 9.84 Å². The molecule has 0 radical (unpaired) electrons. The van der Waals surface area contributed by atoms with Crippen LogP contribution in [0, 0.1) is 0 Å². The van der Waals surface area contributed by atoms with E-state index in [-0.39, 0.29) is 5.60 Å². The van der Waals surface area contributed by atoms with Gasteiger partial charge in [-0.2, -0.15) is 0 Å². The van der Waals surface area contributed by atoms with E-state index < -0.39 is 0 Å². The highest BCUT2D eigenvalue weighted by atomic mass is 16.5. The number of aliphatic hydroxyl groups is 1. The van der Waals surface area contributed by atoms with Crippen LogP contribution in [0.3, 0.4) is 0 Å². The van der Waals surface area contributed by atoms with Crippen molar-refractivity contribution in [2.75, 3.05) is 13.2 Å². The van der Waals surface area contributed by atoms with Gasteiger partial charge in [0.05, 0.1) is 12.2 Å². The number of hydrogen-bond donors (Lipinski definition) is 1. The number of aliphatic hydroxyl groups excluding tert-OH is 1. The van der Waals surface area contributed by atoms with E-state index >= 15 is 0 Å². The first-order valence-electron chi connectivity index (χ1n) is 4.08. The summed E-state index contributed by atoms with van der Waals surface area (Å²) in [7, 11) is 0. The molecule has 2 nitrogen and oxygen atoms in total. The molecule has 1 aliphatic heterocycles. The fourth-order valence-electron chi connectivity index (χ4n) is 1.44. The van der Waals surface area contributed by atoms with Gasteiger partial charge in [0.15, 0.2) is 0 Å². The third-order valence-electron chi connectivity index (χ3n) is 2.40. The van der Waals surface area contributed by atoms with E-state index in [0.29, 0.717) is 6.61 Å². The molecule has 0 amide bonds. The minimum absolute atomic E-state index is 0.155. The van der Waals surface area contributed by atoms with E-state index in [9.17, 15) is 0 Å². The Balaban J connectivity index is 2.20. The molecule has 1 saturated heterocycles. The minimum atomic E-state index is 0.155. The van der Waals surface area contributed by atoms with Crippen molar-refractivity contribution >= 4 is 0 Å². The molecule has 60 valence electrons. The quantitative estimate of drug-likeness (QED) is 0.645. The summed E-state index contributed by atoms with van der Waals surface area (Å²) in [4.78, 5) is 0. The molecule has 2 heteroatoms. The summed E-state index contributed by atoms with van der Waals surface area (Å²) >= 11 is 0. The van der Waals surface area contributed by atoms with E-state index in [1.54, 1.807) is 0 Å². The van der Waals surface area contributed by atoms with E-state index in [1.165, 1.54) is 6.42 Å². The van der Waals surface area contributed by atoms with E-state index in [0.717, 1.165) is 25.9 Å². The summed E-state index contributed by atoms with van der Waals surface area (Å²) in [6, 6.07) is 0. The van der Waals surface area contributed by atoms with Crippen LogP contribution in [0.15, 0.2) is 0 Å². The summed E-state index contributed by atoms with van der Waals surface area (Å²) in [5.41, 5.74) is 0.155. The van der Waals surface area contributed by atoms with E-state index in [4.69, 9.17) is 9.84 Å². The monoisotopic (exact) mass is 144 g/mol. The van der Waals surface area contributed by atoms with Crippen LogP contribution in [0.25, 0.3) is 0 Å². The fourth-order valence-corrected chi connectivity index (χ4v) is 1.44. The Bertz CT molecular complexity index is 91.9. The first-order valence-corrected chi connectivity index (χ1v) is 4.08. The maximum atomic E-state index is 8.59. The molecule has 1 N–H and O–H groups in total. The molecule has 1 fully saturated rings. The first kappa shape index (κ1) is 8.02. The van der Waals surface area contributed by atoms with Gasteiger partial charge >= 0.3 is 0 Å². The zero-order valence-corrected chi connectivity index (χ0v) is 6.60. The Hall–Kier alpha value is -0.0800. The molecule has 0 aliphatic carbocycles. The number of rotatable bonds is 4. The van der Waals surface area contributed by atoms with E-state index in [2.05, 4.69) is 6.92 Å². The molecular formula is C8H16O2. The van der Waals surface area contributed by atoms with Crippen LogP contribution in [0.4, 0.5) is 0 Å². The highest BCUT2D eigenvalue weighted by Gasteiger charge is 2.35. The molecule has 1 atom stereocenters. The van der Waals surface area contributed by atoms with Gasteiger partial charge in [0.2, 0.25) is 0 Å². The predicted molar refractivity (Wildman–Crippen MR) is 39.9 cm³/mol. The van der Waals surface area contributed by atoms with Gasteiger partial charge in [-0.3, -0.25) is 0 Å². The number of ether oxygens (including phenoxy) is 1. The lowest BCUT2D eigenvalue weighted by molar-refractivity contribution is -0.154. The standard InChI is InChI=1S/C8H16O2/c1-2-8(4-3-6-9)5-7-10-8/h9H,2-7H2,1H3. The molecule has 1 heterocycles. The summed E-state index contributed by atoms with van der Waals surface area (Å²) < 4.78 is 5.46. The Morgan fingerprint density at radius 2 is 2.30 bits per heavy atom. The molecule has 0 saturated carbocycles. The highest BCUT2D eigenvalue weighted by molar-refractivity contribution is 4.85. The maximum absolute atomic E-state index is 8.59. The SMILES string of the molecule is CCC1(CCCO)CCO1. The van der Waals surface area contributed by atoms with Crippen LogP contribution in [0.2, 0.25) is 0 Å². The Morgan fingerprint density at radius 1 is 1.60 bits per heavy atom.